The fourth-order valence-electron chi connectivity index (χ4n) is 1.67. The summed E-state index contributed by atoms with van der Waals surface area (Å²) >= 11 is 0. The lowest BCUT2D eigenvalue weighted by atomic mass is 10.1. The molecule has 0 atom stereocenters. The molecule has 0 fully saturated rings. The van der Waals surface area contributed by atoms with Crippen LogP contribution in [0.3, 0.4) is 0 Å². The van der Waals surface area contributed by atoms with Crippen LogP contribution in [0, 0.1) is 0 Å². The van der Waals surface area contributed by atoms with E-state index < -0.39 is 0 Å². The van der Waals surface area contributed by atoms with Crippen LogP contribution in [0.1, 0.15) is 5.69 Å². The molecule has 0 bridgehead atoms. The van der Waals surface area contributed by atoms with Crippen molar-refractivity contribution in [1.82, 2.24) is 4.57 Å². The molecule has 0 saturated carbocycles. The smallest absolute Gasteiger partial charge is 0.0700 e. The van der Waals surface area contributed by atoms with E-state index in [0.717, 1.165) is 12.2 Å². The van der Waals surface area contributed by atoms with E-state index in [4.69, 9.17) is 0 Å². The predicted molar refractivity (Wildman–Crippen MR) is 49.0 cm³/mol. The normalized spacial score (nSPS) is 18.3. The first-order chi connectivity index (χ1) is 5.93. The lowest BCUT2D eigenvalue weighted by Crippen LogP contribution is -2.06. The van der Waals surface area contributed by atoms with E-state index in [1.165, 1.54) is 11.3 Å². The maximum Gasteiger partial charge on any atom is 0.0700 e. The van der Waals surface area contributed by atoms with Gasteiger partial charge in [-0.2, -0.15) is 0 Å². The van der Waals surface area contributed by atoms with Crippen molar-refractivity contribution >= 4 is 12.3 Å². The van der Waals surface area contributed by atoms with E-state index >= 15 is 0 Å². The monoisotopic (exact) mass is 156 g/mol. The van der Waals surface area contributed by atoms with Crippen LogP contribution in [0.5, 0.6) is 0 Å². The molecule has 0 radical (unpaired) electrons. The molecule has 0 aromatic carbocycles. The van der Waals surface area contributed by atoms with Crippen LogP contribution in [0.25, 0.3) is 6.08 Å². The summed E-state index contributed by atoms with van der Waals surface area (Å²) in [7, 11) is 0. The largest absolute Gasteiger partial charge is 0.343 e. The summed E-state index contributed by atoms with van der Waals surface area (Å²) in [5.41, 5.74) is 3.70. The second-order valence-electron chi connectivity index (χ2n) is 3.06. The standard InChI is InChI=1S/C10H8N2/c1-2-9-6-10-8(3-4-11-10)7-12(9)5-1/h1-6H,7H2. The molecule has 2 nitrogen and oxygen atoms in total. The molecule has 58 valence electrons. The molecule has 0 aliphatic carbocycles. The highest BCUT2D eigenvalue weighted by molar-refractivity contribution is 5.82. The quantitative estimate of drug-likeness (QED) is 0.545. The molecule has 0 N–H and O–H groups in total. The third-order valence-electron chi connectivity index (χ3n) is 2.31. The first kappa shape index (κ1) is 6.00. The van der Waals surface area contributed by atoms with Crippen molar-refractivity contribution in [2.45, 2.75) is 6.54 Å². The van der Waals surface area contributed by atoms with Crippen LogP contribution in [0.4, 0.5) is 0 Å². The summed E-state index contributed by atoms with van der Waals surface area (Å²) in [6.07, 6.45) is 8.17. The minimum absolute atomic E-state index is 0.966. The van der Waals surface area contributed by atoms with Gasteiger partial charge in [0.25, 0.3) is 0 Å². The summed E-state index contributed by atoms with van der Waals surface area (Å²) in [6.45, 7) is 0.966. The molecule has 0 spiro atoms. The van der Waals surface area contributed by atoms with Crippen molar-refractivity contribution in [3.05, 3.63) is 41.4 Å². The summed E-state index contributed by atoms with van der Waals surface area (Å²) < 4.78 is 2.23. The van der Waals surface area contributed by atoms with E-state index in [2.05, 4.69) is 40.0 Å². The Kier molecular flexibility index (Phi) is 0.987. The average molecular weight is 156 g/mol. The molecule has 0 amide bonds. The fraction of sp³-hybridized carbons (Fsp3) is 0.100. The Bertz CT molecular complexity index is 419. The van der Waals surface area contributed by atoms with Gasteiger partial charge in [-0.1, -0.05) is 0 Å². The molecule has 2 aliphatic heterocycles. The third-order valence-corrected chi connectivity index (χ3v) is 2.31. The van der Waals surface area contributed by atoms with Gasteiger partial charge in [0.1, 0.15) is 0 Å². The highest BCUT2D eigenvalue weighted by Gasteiger charge is 2.14. The van der Waals surface area contributed by atoms with Gasteiger partial charge in [-0.05, 0) is 29.9 Å². The third kappa shape index (κ3) is 0.666. The number of hydrogen-bond acceptors (Lipinski definition) is 1. The fourth-order valence-corrected chi connectivity index (χ4v) is 1.67. The zero-order valence-corrected chi connectivity index (χ0v) is 6.57. The highest BCUT2D eigenvalue weighted by atomic mass is 15.0. The maximum atomic E-state index is 4.27. The lowest BCUT2D eigenvalue weighted by Gasteiger charge is -2.13. The van der Waals surface area contributed by atoms with E-state index in [9.17, 15) is 0 Å². The Morgan fingerprint density at radius 3 is 3.42 bits per heavy atom. The maximum absolute atomic E-state index is 4.27. The molecule has 0 unspecified atom stereocenters. The molecule has 2 heteroatoms. The molecular formula is C10H8N2. The Morgan fingerprint density at radius 1 is 1.42 bits per heavy atom. The zero-order chi connectivity index (χ0) is 7.97. The van der Waals surface area contributed by atoms with Crippen molar-refractivity contribution in [3.8, 4) is 0 Å². The van der Waals surface area contributed by atoms with Crippen LogP contribution in [-0.2, 0) is 6.54 Å². The van der Waals surface area contributed by atoms with Gasteiger partial charge in [-0.25, -0.2) is 0 Å². The van der Waals surface area contributed by atoms with Gasteiger partial charge in [-0.3, -0.25) is 4.99 Å². The second kappa shape index (κ2) is 1.97. The Balaban J connectivity index is 2.23. The van der Waals surface area contributed by atoms with Crippen molar-refractivity contribution in [2.24, 2.45) is 4.99 Å². The first-order valence-electron chi connectivity index (χ1n) is 4.04. The van der Waals surface area contributed by atoms with E-state index in [1.54, 1.807) is 0 Å². The molecule has 0 saturated heterocycles. The molecule has 2 aliphatic rings. The lowest BCUT2D eigenvalue weighted by molar-refractivity contribution is 0.777. The number of hydrogen-bond donors (Lipinski definition) is 0. The minimum atomic E-state index is 0.966. The topological polar surface area (TPSA) is 17.3 Å². The Hall–Kier alpha value is -1.57. The van der Waals surface area contributed by atoms with Crippen molar-refractivity contribution < 1.29 is 0 Å². The van der Waals surface area contributed by atoms with Crippen LogP contribution in [-0.4, -0.2) is 10.8 Å². The summed E-state index contributed by atoms with van der Waals surface area (Å²) in [5, 5.41) is 0. The summed E-state index contributed by atoms with van der Waals surface area (Å²) in [4.78, 5) is 4.27. The number of rotatable bonds is 0. The van der Waals surface area contributed by atoms with Crippen LogP contribution >= 0.6 is 0 Å². The molecule has 1 aromatic rings. The second-order valence-corrected chi connectivity index (χ2v) is 3.06. The van der Waals surface area contributed by atoms with Crippen LogP contribution < -0.4 is 0 Å². The molecule has 12 heavy (non-hydrogen) atoms. The van der Waals surface area contributed by atoms with Gasteiger partial charge < -0.3 is 4.57 Å². The highest BCUT2D eigenvalue weighted by Crippen LogP contribution is 2.26. The number of aromatic nitrogens is 1. The van der Waals surface area contributed by atoms with Gasteiger partial charge >= 0.3 is 0 Å². The molecular weight excluding hydrogens is 148 g/mol. The first-order valence-corrected chi connectivity index (χ1v) is 4.04. The van der Waals surface area contributed by atoms with Crippen molar-refractivity contribution in [2.75, 3.05) is 0 Å². The predicted octanol–water partition coefficient (Wildman–Crippen LogP) is 1.85. The number of fused-ring (bicyclic) bond motifs is 2. The Morgan fingerprint density at radius 2 is 2.42 bits per heavy atom. The molecule has 3 rings (SSSR count). The molecule has 1 aromatic heterocycles. The average Bonchev–Trinajstić information content (AvgIpc) is 2.64. The van der Waals surface area contributed by atoms with Crippen molar-refractivity contribution in [3.63, 3.8) is 0 Å². The minimum Gasteiger partial charge on any atom is -0.343 e. The van der Waals surface area contributed by atoms with E-state index in [-0.39, 0.29) is 0 Å². The SMILES string of the molecule is C1=NC2=Cc3cccn3CC2=C1. The van der Waals surface area contributed by atoms with Gasteiger partial charge in [0, 0.05) is 24.7 Å². The van der Waals surface area contributed by atoms with Gasteiger partial charge in [-0.15, -0.1) is 0 Å². The number of nitrogens with zero attached hydrogens (tertiary/aromatic N) is 2. The summed E-state index contributed by atoms with van der Waals surface area (Å²) in [5.74, 6) is 0. The molecule has 3 heterocycles. The Labute approximate surface area is 70.5 Å². The van der Waals surface area contributed by atoms with Crippen LogP contribution in [0.15, 0.2) is 40.7 Å². The van der Waals surface area contributed by atoms with E-state index in [0.29, 0.717) is 0 Å². The number of aliphatic imine (C=N–C) groups is 1. The van der Waals surface area contributed by atoms with Crippen LogP contribution in [0.2, 0.25) is 0 Å². The van der Waals surface area contributed by atoms with E-state index in [1.807, 2.05) is 6.21 Å². The van der Waals surface area contributed by atoms with Gasteiger partial charge in [0.05, 0.1) is 5.70 Å². The summed E-state index contributed by atoms with van der Waals surface area (Å²) in [6, 6.07) is 4.18. The van der Waals surface area contributed by atoms with Gasteiger partial charge in [0.15, 0.2) is 0 Å². The van der Waals surface area contributed by atoms with Gasteiger partial charge in [0.2, 0.25) is 0 Å². The zero-order valence-electron chi connectivity index (χ0n) is 6.57. The number of allylic oxidation sites excluding steroid dienone is 2. The van der Waals surface area contributed by atoms with Crippen molar-refractivity contribution in [1.29, 1.82) is 0 Å².